The lowest BCUT2D eigenvalue weighted by Crippen LogP contribution is -2.40. The van der Waals surface area contributed by atoms with Gasteiger partial charge in [-0.1, -0.05) is 32.0 Å². The van der Waals surface area contributed by atoms with E-state index < -0.39 is 0 Å². The Bertz CT molecular complexity index is 684. The van der Waals surface area contributed by atoms with Crippen LogP contribution >= 0.6 is 0 Å². The van der Waals surface area contributed by atoms with Crippen molar-refractivity contribution < 1.29 is 9.21 Å². The standard InChI is InChI=1S/C19H26N2O2/c1-12(2)17(21-19(22)14-8-10-20-11-9-14)18-13(3)15-6-4-5-7-16(15)23-18/h4-7,12,14,17,20H,8-11H2,1-3H3,(H,21,22). The highest BCUT2D eigenvalue weighted by molar-refractivity contribution is 5.83. The fraction of sp³-hybridized carbons (Fsp3) is 0.526. The molecule has 1 saturated heterocycles. The summed E-state index contributed by atoms with van der Waals surface area (Å²) < 4.78 is 6.08. The first-order chi connectivity index (χ1) is 11.1. The molecule has 1 unspecified atom stereocenters. The predicted molar refractivity (Wildman–Crippen MR) is 92.3 cm³/mol. The summed E-state index contributed by atoms with van der Waals surface area (Å²) in [5, 5.41) is 7.68. The number of aryl methyl sites for hydroxylation is 1. The molecule has 1 aromatic carbocycles. The molecule has 1 aromatic heterocycles. The summed E-state index contributed by atoms with van der Waals surface area (Å²) in [5.41, 5.74) is 2.02. The molecule has 0 bridgehead atoms. The molecule has 2 heterocycles. The summed E-state index contributed by atoms with van der Waals surface area (Å²) in [6.07, 6.45) is 1.82. The molecule has 0 aliphatic carbocycles. The zero-order chi connectivity index (χ0) is 16.4. The zero-order valence-corrected chi connectivity index (χ0v) is 14.2. The first-order valence-corrected chi connectivity index (χ1v) is 8.57. The highest BCUT2D eigenvalue weighted by Gasteiger charge is 2.28. The number of hydrogen-bond donors (Lipinski definition) is 2. The number of piperidine rings is 1. The highest BCUT2D eigenvalue weighted by atomic mass is 16.3. The number of fused-ring (bicyclic) bond motifs is 1. The molecule has 0 radical (unpaired) electrons. The van der Waals surface area contributed by atoms with Gasteiger partial charge in [0.2, 0.25) is 5.91 Å². The Hall–Kier alpha value is -1.81. The number of rotatable bonds is 4. The molecule has 1 fully saturated rings. The van der Waals surface area contributed by atoms with Crippen LogP contribution in [0.1, 0.15) is 44.1 Å². The van der Waals surface area contributed by atoms with Crippen LogP contribution in [-0.2, 0) is 4.79 Å². The van der Waals surface area contributed by atoms with E-state index >= 15 is 0 Å². The second kappa shape index (κ2) is 6.75. The highest BCUT2D eigenvalue weighted by Crippen LogP contribution is 2.33. The second-order valence-electron chi connectivity index (χ2n) is 6.84. The van der Waals surface area contributed by atoms with Gasteiger partial charge in [0.15, 0.2) is 0 Å². The van der Waals surface area contributed by atoms with E-state index in [9.17, 15) is 4.79 Å². The summed E-state index contributed by atoms with van der Waals surface area (Å²) in [4.78, 5) is 12.6. The molecule has 1 atom stereocenters. The van der Waals surface area contributed by atoms with Gasteiger partial charge in [-0.2, -0.15) is 0 Å². The van der Waals surface area contributed by atoms with Gasteiger partial charge in [0.05, 0.1) is 6.04 Å². The van der Waals surface area contributed by atoms with Gasteiger partial charge in [-0.05, 0) is 44.8 Å². The Morgan fingerprint density at radius 1 is 1.26 bits per heavy atom. The van der Waals surface area contributed by atoms with Crippen LogP contribution in [0.25, 0.3) is 11.0 Å². The van der Waals surface area contributed by atoms with Crippen molar-refractivity contribution in [2.75, 3.05) is 13.1 Å². The molecule has 2 aromatic rings. The van der Waals surface area contributed by atoms with Gasteiger partial charge in [0.25, 0.3) is 0 Å². The maximum Gasteiger partial charge on any atom is 0.223 e. The third-order valence-electron chi connectivity index (χ3n) is 4.84. The number of para-hydroxylation sites is 1. The lowest BCUT2D eigenvalue weighted by Gasteiger charge is -2.26. The van der Waals surface area contributed by atoms with E-state index in [1.54, 1.807) is 0 Å². The van der Waals surface area contributed by atoms with Crippen molar-refractivity contribution >= 4 is 16.9 Å². The van der Waals surface area contributed by atoms with E-state index in [1.807, 2.05) is 18.2 Å². The summed E-state index contributed by atoms with van der Waals surface area (Å²) in [5.74, 6) is 1.44. The number of amides is 1. The maximum atomic E-state index is 12.6. The Kier molecular flexibility index (Phi) is 4.71. The van der Waals surface area contributed by atoms with Crippen LogP contribution in [0.15, 0.2) is 28.7 Å². The van der Waals surface area contributed by atoms with Crippen LogP contribution in [0.2, 0.25) is 0 Å². The van der Waals surface area contributed by atoms with Gasteiger partial charge in [-0.3, -0.25) is 4.79 Å². The molecule has 0 spiro atoms. The molecule has 4 nitrogen and oxygen atoms in total. The third kappa shape index (κ3) is 3.27. The number of nitrogens with one attached hydrogen (secondary N) is 2. The van der Waals surface area contributed by atoms with E-state index in [4.69, 9.17) is 4.42 Å². The van der Waals surface area contributed by atoms with Crippen LogP contribution in [0.3, 0.4) is 0 Å². The number of furan rings is 1. The van der Waals surface area contributed by atoms with Gasteiger partial charge in [-0.25, -0.2) is 0 Å². The lowest BCUT2D eigenvalue weighted by atomic mass is 9.94. The summed E-state index contributed by atoms with van der Waals surface area (Å²) >= 11 is 0. The van der Waals surface area contributed by atoms with E-state index in [0.29, 0.717) is 0 Å². The molecule has 124 valence electrons. The average Bonchev–Trinajstić information content (AvgIpc) is 2.90. The summed E-state index contributed by atoms with van der Waals surface area (Å²) in [6.45, 7) is 8.18. The van der Waals surface area contributed by atoms with Gasteiger partial charge in [0, 0.05) is 16.9 Å². The zero-order valence-electron chi connectivity index (χ0n) is 14.2. The van der Waals surface area contributed by atoms with Gasteiger partial charge in [-0.15, -0.1) is 0 Å². The molecule has 2 N–H and O–H groups in total. The van der Waals surface area contributed by atoms with Crippen LogP contribution in [0.5, 0.6) is 0 Å². The summed E-state index contributed by atoms with van der Waals surface area (Å²) in [7, 11) is 0. The van der Waals surface area contributed by atoms with Crippen LogP contribution in [0.4, 0.5) is 0 Å². The van der Waals surface area contributed by atoms with E-state index in [-0.39, 0.29) is 23.8 Å². The Morgan fingerprint density at radius 3 is 2.61 bits per heavy atom. The molecule has 1 aliphatic rings. The van der Waals surface area contributed by atoms with Crippen molar-refractivity contribution in [3.63, 3.8) is 0 Å². The van der Waals surface area contributed by atoms with Gasteiger partial charge >= 0.3 is 0 Å². The monoisotopic (exact) mass is 314 g/mol. The smallest absolute Gasteiger partial charge is 0.223 e. The third-order valence-corrected chi connectivity index (χ3v) is 4.84. The van der Waals surface area contributed by atoms with Crippen molar-refractivity contribution in [1.29, 1.82) is 0 Å². The number of carbonyl (C=O) groups excluding carboxylic acids is 1. The van der Waals surface area contributed by atoms with Crippen molar-refractivity contribution in [2.24, 2.45) is 11.8 Å². The Morgan fingerprint density at radius 2 is 1.96 bits per heavy atom. The minimum atomic E-state index is -0.0789. The minimum Gasteiger partial charge on any atom is -0.459 e. The van der Waals surface area contributed by atoms with Gasteiger partial charge < -0.3 is 15.1 Å². The van der Waals surface area contributed by atoms with Gasteiger partial charge in [0.1, 0.15) is 11.3 Å². The molecule has 1 aliphatic heterocycles. The van der Waals surface area contributed by atoms with Crippen molar-refractivity contribution in [1.82, 2.24) is 10.6 Å². The van der Waals surface area contributed by atoms with E-state index in [0.717, 1.165) is 48.2 Å². The van der Waals surface area contributed by atoms with E-state index in [2.05, 4.69) is 37.5 Å². The van der Waals surface area contributed by atoms with Crippen LogP contribution in [0, 0.1) is 18.8 Å². The van der Waals surface area contributed by atoms with Crippen LogP contribution in [-0.4, -0.2) is 19.0 Å². The number of benzene rings is 1. The first kappa shape index (κ1) is 16.1. The quantitative estimate of drug-likeness (QED) is 0.907. The molecule has 0 saturated carbocycles. The SMILES string of the molecule is Cc1c(C(NC(=O)C2CCNCC2)C(C)C)oc2ccccc12. The number of carbonyl (C=O) groups is 1. The van der Waals surface area contributed by atoms with Crippen molar-refractivity contribution in [2.45, 2.75) is 39.7 Å². The average molecular weight is 314 g/mol. The first-order valence-electron chi connectivity index (χ1n) is 8.57. The maximum absolute atomic E-state index is 12.6. The largest absolute Gasteiger partial charge is 0.459 e. The van der Waals surface area contributed by atoms with Crippen molar-refractivity contribution in [3.8, 4) is 0 Å². The molecule has 3 rings (SSSR count). The molecule has 1 amide bonds. The minimum absolute atomic E-state index is 0.0789. The lowest BCUT2D eigenvalue weighted by molar-refractivity contribution is -0.127. The fourth-order valence-corrected chi connectivity index (χ4v) is 3.38. The number of hydrogen-bond acceptors (Lipinski definition) is 3. The molecule has 4 heteroatoms. The normalized spacial score (nSPS) is 17.6. The van der Waals surface area contributed by atoms with E-state index in [1.165, 1.54) is 0 Å². The Balaban J connectivity index is 1.85. The Labute approximate surface area is 137 Å². The molecule has 23 heavy (non-hydrogen) atoms. The van der Waals surface area contributed by atoms with Crippen LogP contribution < -0.4 is 10.6 Å². The van der Waals surface area contributed by atoms with Crippen molar-refractivity contribution in [3.05, 3.63) is 35.6 Å². The fourth-order valence-electron chi connectivity index (χ4n) is 3.38. The molecular formula is C19H26N2O2. The summed E-state index contributed by atoms with van der Waals surface area (Å²) in [6, 6.07) is 7.98. The second-order valence-corrected chi connectivity index (χ2v) is 6.84. The molecular weight excluding hydrogens is 288 g/mol. The topological polar surface area (TPSA) is 54.3 Å². The predicted octanol–water partition coefficient (Wildman–Crippen LogP) is 3.55.